The van der Waals surface area contributed by atoms with Gasteiger partial charge >= 0.3 is 0 Å². The average Bonchev–Trinajstić information content (AvgIpc) is 2.25. The third kappa shape index (κ3) is 3.37. The van der Waals surface area contributed by atoms with E-state index in [4.69, 9.17) is 0 Å². The second kappa shape index (κ2) is 5.20. The summed E-state index contributed by atoms with van der Waals surface area (Å²) in [7, 11) is 0. The first kappa shape index (κ1) is 12.8. The van der Waals surface area contributed by atoms with Crippen molar-refractivity contribution in [2.75, 3.05) is 0 Å². The molecular weight excluding hydrogens is 224 g/mol. The Morgan fingerprint density at radius 3 is 2.06 bits per heavy atom. The van der Waals surface area contributed by atoms with Gasteiger partial charge < -0.3 is 0 Å². The van der Waals surface area contributed by atoms with Crippen molar-refractivity contribution < 1.29 is 9.85 Å². The summed E-state index contributed by atoms with van der Waals surface area (Å²) in [5, 5.41) is 21.2. The third-order valence-corrected chi connectivity index (χ3v) is 2.22. The Labute approximate surface area is 97.9 Å². The minimum atomic E-state index is -0.510. The van der Waals surface area contributed by atoms with E-state index in [-0.39, 0.29) is 17.3 Å². The molecule has 1 aromatic rings. The van der Waals surface area contributed by atoms with E-state index in [0.717, 1.165) is 0 Å². The van der Waals surface area contributed by atoms with Crippen LogP contribution < -0.4 is 0 Å². The Kier molecular flexibility index (Phi) is 3.92. The van der Waals surface area contributed by atoms with Gasteiger partial charge in [0.05, 0.1) is 9.85 Å². The van der Waals surface area contributed by atoms with Gasteiger partial charge in [-0.15, -0.1) is 0 Å². The molecule has 0 amide bonds. The summed E-state index contributed by atoms with van der Waals surface area (Å²) < 4.78 is 0. The standard InChI is InChI=1S/C11H12N2O4/c1-8(2)11(13(16)17)7-9-3-5-10(6-4-9)12(14)15/h3-8H,1-2H3/b11-7-. The summed E-state index contributed by atoms with van der Waals surface area (Å²) in [5.74, 6) is -0.208. The Balaban J connectivity index is 3.05. The van der Waals surface area contributed by atoms with Crippen LogP contribution in [0, 0.1) is 26.1 Å². The second-order valence-corrected chi connectivity index (χ2v) is 3.83. The van der Waals surface area contributed by atoms with Crippen LogP contribution in [0.1, 0.15) is 19.4 Å². The molecule has 6 heteroatoms. The van der Waals surface area contributed by atoms with Crippen LogP contribution in [0.4, 0.5) is 5.69 Å². The lowest BCUT2D eigenvalue weighted by Gasteiger charge is -2.01. The summed E-state index contributed by atoms with van der Waals surface area (Å²) in [5.41, 5.74) is 0.629. The largest absolute Gasteiger partial charge is 0.269 e. The highest BCUT2D eigenvalue weighted by Crippen LogP contribution is 2.18. The van der Waals surface area contributed by atoms with Crippen LogP contribution in [0.3, 0.4) is 0 Å². The first-order chi connectivity index (χ1) is 7.91. The zero-order valence-electron chi connectivity index (χ0n) is 9.49. The Bertz CT molecular complexity index is 463. The van der Waals surface area contributed by atoms with Crippen LogP contribution in [0.15, 0.2) is 30.0 Å². The highest BCUT2D eigenvalue weighted by Gasteiger charge is 2.15. The van der Waals surface area contributed by atoms with E-state index in [2.05, 4.69) is 0 Å². The number of nitro groups is 2. The summed E-state index contributed by atoms with van der Waals surface area (Å²) in [6.45, 7) is 3.44. The van der Waals surface area contributed by atoms with Gasteiger partial charge in [-0.25, -0.2) is 0 Å². The minimum absolute atomic E-state index is 0.0330. The van der Waals surface area contributed by atoms with Gasteiger partial charge in [0.2, 0.25) is 5.70 Å². The molecule has 0 aliphatic carbocycles. The molecule has 6 nitrogen and oxygen atoms in total. The van der Waals surface area contributed by atoms with Gasteiger partial charge in [-0.05, 0) is 17.7 Å². The lowest BCUT2D eigenvalue weighted by atomic mass is 10.1. The lowest BCUT2D eigenvalue weighted by molar-refractivity contribution is -0.431. The van der Waals surface area contributed by atoms with E-state index in [9.17, 15) is 20.2 Å². The topological polar surface area (TPSA) is 86.3 Å². The molecular formula is C11H12N2O4. The van der Waals surface area contributed by atoms with Crippen molar-refractivity contribution in [2.45, 2.75) is 13.8 Å². The molecule has 0 heterocycles. The fourth-order valence-electron chi connectivity index (χ4n) is 1.29. The van der Waals surface area contributed by atoms with E-state index < -0.39 is 9.85 Å². The Morgan fingerprint density at radius 2 is 1.71 bits per heavy atom. The molecule has 0 aliphatic rings. The lowest BCUT2D eigenvalue weighted by Crippen LogP contribution is -2.05. The van der Waals surface area contributed by atoms with Gasteiger partial charge in [-0.3, -0.25) is 20.2 Å². The van der Waals surface area contributed by atoms with Crippen molar-refractivity contribution in [2.24, 2.45) is 5.92 Å². The number of allylic oxidation sites excluding steroid dienone is 1. The molecule has 1 aromatic carbocycles. The number of hydrogen-bond acceptors (Lipinski definition) is 4. The van der Waals surface area contributed by atoms with E-state index >= 15 is 0 Å². The van der Waals surface area contributed by atoms with Crippen LogP contribution in [0.25, 0.3) is 6.08 Å². The van der Waals surface area contributed by atoms with Crippen molar-refractivity contribution >= 4 is 11.8 Å². The first-order valence-electron chi connectivity index (χ1n) is 5.02. The first-order valence-corrected chi connectivity index (χ1v) is 5.02. The van der Waals surface area contributed by atoms with Crippen molar-refractivity contribution in [3.05, 3.63) is 55.8 Å². The normalized spacial score (nSPS) is 11.6. The molecule has 0 saturated heterocycles. The summed E-state index contributed by atoms with van der Waals surface area (Å²) in [4.78, 5) is 20.2. The molecule has 0 aromatic heterocycles. The third-order valence-electron chi connectivity index (χ3n) is 2.22. The number of rotatable bonds is 4. The summed E-state index contributed by atoms with van der Waals surface area (Å²) in [6, 6.07) is 5.63. The van der Waals surface area contributed by atoms with Gasteiger partial charge in [-0.1, -0.05) is 13.8 Å². The predicted molar refractivity (Wildman–Crippen MR) is 62.9 cm³/mol. The van der Waals surface area contributed by atoms with Gasteiger partial charge in [0.25, 0.3) is 5.69 Å². The van der Waals surface area contributed by atoms with Crippen LogP contribution in [0.2, 0.25) is 0 Å². The highest BCUT2D eigenvalue weighted by atomic mass is 16.6. The van der Waals surface area contributed by atoms with E-state index in [1.807, 2.05) is 0 Å². The van der Waals surface area contributed by atoms with Crippen LogP contribution in [0.5, 0.6) is 0 Å². The molecule has 0 radical (unpaired) electrons. The van der Waals surface area contributed by atoms with E-state index in [1.165, 1.54) is 30.3 Å². The monoisotopic (exact) mass is 236 g/mol. The number of nitro benzene ring substituents is 1. The molecule has 0 saturated carbocycles. The van der Waals surface area contributed by atoms with Crippen molar-refractivity contribution in [3.63, 3.8) is 0 Å². The van der Waals surface area contributed by atoms with E-state index in [1.54, 1.807) is 13.8 Å². The molecule has 0 N–H and O–H groups in total. The predicted octanol–water partition coefficient (Wildman–Crippen LogP) is 2.87. The molecule has 0 unspecified atom stereocenters. The quantitative estimate of drug-likeness (QED) is 0.594. The number of benzene rings is 1. The molecule has 17 heavy (non-hydrogen) atoms. The SMILES string of the molecule is CC(C)/C(=C/c1ccc([N+](=O)[O-])cc1)[N+](=O)[O-]. The maximum atomic E-state index is 10.7. The summed E-state index contributed by atoms with van der Waals surface area (Å²) >= 11 is 0. The zero-order chi connectivity index (χ0) is 13.0. The van der Waals surface area contributed by atoms with Crippen LogP contribution in [-0.2, 0) is 0 Å². The van der Waals surface area contributed by atoms with Gasteiger partial charge in [-0.2, -0.15) is 0 Å². The molecule has 0 aliphatic heterocycles. The summed E-state index contributed by atoms with van der Waals surface area (Å²) in [6.07, 6.45) is 1.42. The van der Waals surface area contributed by atoms with Crippen LogP contribution >= 0.6 is 0 Å². The molecule has 0 spiro atoms. The fourth-order valence-corrected chi connectivity index (χ4v) is 1.29. The molecule has 1 rings (SSSR count). The minimum Gasteiger partial charge on any atom is -0.259 e. The molecule has 0 fully saturated rings. The molecule has 90 valence electrons. The Hall–Kier alpha value is -2.24. The highest BCUT2D eigenvalue weighted by molar-refractivity contribution is 5.53. The average molecular weight is 236 g/mol. The Morgan fingerprint density at radius 1 is 1.18 bits per heavy atom. The maximum Gasteiger partial charge on any atom is 0.269 e. The van der Waals surface area contributed by atoms with Crippen LogP contribution in [-0.4, -0.2) is 9.85 Å². The van der Waals surface area contributed by atoms with Crippen molar-refractivity contribution in [3.8, 4) is 0 Å². The van der Waals surface area contributed by atoms with Gasteiger partial charge in [0.15, 0.2) is 0 Å². The molecule has 0 bridgehead atoms. The van der Waals surface area contributed by atoms with Crippen molar-refractivity contribution in [1.82, 2.24) is 0 Å². The fraction of sp³-hybridized carbons (Fsp3) is 0.273. The van der Waals surface area contributed by atoms with E-state index in [0.29, 0.717) is 5.56 Å². The smallest absolute Gasteiger partial charge is 0.259 e. The zero-order valence-corrected chi connectivity index (χ0v) is 9.49. The number of hydrogen-bond donors (Lipinski definition) is 0. The maximum absolute atomic E-state index is 10.7. The van der Waals surface area contributed by atoms with Crippen molar-refractivity contribution in [1.29, 1.82) is 0 Å². The van der Waals surface area contributed by atoms with Gasteiger partial charge in [0.1, 0.15) is 0 Å². The second-order valence-electron chi connectivity index (χ2n) is 3.83. The van der Waals surface area contributed by atoms with Gasteiger partial charge in [0, 0.05) is 24.1 Å². The number of nitrogens with zero attached hydrogens (tertiary/aromatic N) is 2. The number of non-ortho nitro benzene ring substituents is 1. The molecule has 0 atom stereocenters.